The van der Waals surface area contributed by atoms with Crippen LogP contribution in [0.5, 0.6) is 5.88 Å². The zero-order valence-corrected chi connectivity index (χ0v) is 9.16. The third-order valence-electron chi connectivity index (χ3n) is 2.05. The molecule has 0 saturated heterocycles. The molecule has 0 aliphatic rings. The molecule has 80 valence electrons. The van der Waals surface area contributed by atoms with Crippen LogP contribution in [0.3, 0.4) is 0 Å². The van der Waals surface area contributed by atoms with Gasteiger partial charge in [-0.25, -0.2) is 4.98 Å². The van der Waals surface area contributed by atoms with Crippen molar-refractivity contribution < 1.29 is 4.74 Å². The third kappa shape index (κ3) is 4.01. The van der Waals surface area contributed by atoms with Gasteiger partial charge in [-0.2, -0.15) is 0 Å². The molecule has 1 aromatic heterocycles. The van der Waals surface area contributed by atoms with Crippen LogP contribution in [0.2, 0.25) is 0 Å². The Morgan fingerprint density at radius 1 is 1.53 bits per heavy atom. The Bertz CT molecular complexity index is 348. The Morgan fingerprint density at radius 3 is 2.87 bits per heavy atom. The minimum absolute atomic E-state index is 0.0765. The average molecular weight is 204 g/mol. The van der Waals surface area contributed by atoms with Crippen LogP contribution in [-0.2, 0) is 6.42 Å². The molecule has 1 atom stereocenters. The molecule has 2 N–H and O–H groups in total. The molecule has 0 aromatic carbocycles. The first-order chi connectivity index (χ1) is 7.26. The van der Waals surface area contributed by atoms with Crippen LogP contribution < -0.4 is 10.5 Å². The topological polar surface area (TPSA) is 48.1 Å². The minimum atomic E-state index is 0.0765. The zero-order valence-electron chi connectivity index (χ0n) is 9.16. The Labute approximate surface area is 90.7 Å². The second-order valence-electron chi connectivity index (χ2n) is 3.30. The summed E-state index contributed by atoms with van der Waals surface area (Å²) in [6, 6.07) is 3.89. The normalized spacial score (nSPS) is 11.4. The number of rotatable bonds is 4. The first-order valence-electron chi connectivity index (χ1n) is 4.90. The first kappa shape index (κ1) is 11.5. The Hall–Kier alpha value is -1.53. The number of nitrogens with zero attached hydrogens (tertiary/aromatic N) is 1. The lowest BCUT2D eigenvalue weighted by atomic mass is 10.1. The number of methoxy groups -OCH3 is 1. The van der Waals surface area contributed by atoms with Gasteiger partial charge in [-0.15, -0.1) is 11.8 Å². The number of aromatic nitrogens is 1. The summed E-state index contributed by atoms with van der Waals surface area (Å²) >= 11 is 0. The number of pyridine rings is 1. The van der Waals surface area contributed by atoms with Crippen LogP contribution in [0.4, 0.5) is 0 Å². The van der Waals surface area contributed by atoms with Gasteiger partial charge < -0.3 is 10.5 Å². The molecule has 3 heteroatoms. The Balaban J connectivity index is 2.51. The monoisotopic (exact) mass is 204 g/mol. The van der Waals surface area contributed by atoms with Crippen molar-refractivity contribution in [3.8, 4) is 17.7 Å². The van der Waals surface area contributed by atoms with Crippen molar-refractivity contribution in [2.75, 3.05) is 7.11 Å². The molecule has 0 aliphatic carbocycles. The summed E-state index contributed by atoms with van der Waals surface area (Å²) in [6.45, 7) is 1.82. The molecule has 15 heavy (non-hydrogen) atoms. The van der Waals surface area contributed by atoms with Crippen LogP contribution in [0.25, 0.3) is 0 Å². The van der Waals surface area contributed by atoms with Gasteiger partial charge in [0.1, 0.15) is 0 Å². The highest BCUT2D eigenvalue weighted by Crippen LogP contribution is 2.08. The van der Waals surface area contributed by atoms with Crippen molar-refractivity contribution in [1.82, 2.24) is 4.98 Å². The fourth-order valence-electron chi connectivity index (χ4n) is 1.26. The highest BCUT2D eigenvalue weighted by atomic mass is 16.5. The lowest BCUT2D eigenvalue weighted by Crippen LogP contribution is -2.22. The number of hydrogen-bond acceptors (Lipinski definition) is 3. The number of ether oxygens (including phenoxy) is 1. The molecule has 0 saturated carbocycles. The van der Waals surface area contributed by atoms with Gasteiger partial charge in [-0.3, -0.25) is 0 Å². The largest absolute Gasteiger partial charge is 0.481 e. The maximum absolute atomic E-state index is 5.90. The SMILES string of the molecule is CC#CCC(N)Cc1ccc(OC)nc1. The van der Waals surface area contributed by atoms with Gasteiger partial charge in [0.05, 0.1) is 7.11 Å². The summed E-state index contributed by atoms with van der Waals surface area (Å²) in [6.07, 6.45) is 3.31. The molecule has 0 aliphatic heterocycles. The van der Waals surface area contributed by atoms with E-state index < -0.39 is 0 Å². The third-order valence-corrected chi connectivity index (χ3v) is 2.05. The van der Waals surface area contributed by atoms with Gasteiger partial charge in [0.2, 0.25) is 5.88 Å². The first-order valence-corrected chi connectivity index (χ1v) is 4.90. The van der Waals surface area contributed by atoms with Gasteiger partial charge in [0.15, 0.2) is 0 Å². The van der Waals surface area contributed by atoms with E-state index in [1.165, 1.54) is 0 Å². The molecule has 0 radical (unpaired) electrons. The van der Waals surface area contributed by atoms with E-state index in [2.05, 4.69) is 16.8 Å². The van der Waals surface area contributed by atoms with Crippen LogP contribution in [0, 0.1) is 11.8 Å². The van der Waals surface area contributed by atoms with Crippen LogP contribution in [0.1, 0.15) is 18.9 Å². The second-order valence-corrected chi connectivity index (χ2v) is 3.30. The lowest BCUT2D eigenvalue weighted by Gasteiger charge is -2.07. The molecular weight excluding hydrogens is 188 g/mol. The number of nitrogens with two attached hydrogens (primary N) is 1. The highest BCUT2D eigenvalue weighted by Gasteiger charge is 2.02. The minimum Gasteiger partial charge on any atom is -0.481 e. The predicted octanol–water partition coefficient (Wildman–Crippen LogP) is 1.37. The summed E-state index contributed by atoms with van der Waals surface area (Å²) in [5.41, 5.74) is 7.01. The summed E-state index contributed by atoms with van der Waals surface area (Å²) in [5.74, 6) is 6.43. The summed E-state index contributed by atoms with van der Waals surface area (Å²) in [7, 11) is 1.60. The van der Waals surface area contributed by atoms with Gasteiger partial charge in [0, 0.05) is 24.7 Å². The van der Waals surface area contributed by atoms with Gasteiger partial charge in [-0.1, -0.05) is 6.07 Å². The van der Waals surface area contributed by atoms with Crippen LogP contribution >= 0.6 is 0 Å². The van der Waals surface area contributed by atoms with Crippen molar-refractivity contribution in [2.24, 2.45) is 5.73 Å². The van der Waals surface area contributed by atoms with Crippen molar-refractivity contribution in [3.63, 3.8) is 0 Å². The van der Waals surface area contributed by atoms with Crippen molar-refractivity contribution >= 4 is 0 Å². The standard InChI is InChI=1S/C12H16N2O/c1-3-4-5-11(13)8-10-6-7-12(15-2)14-9-10/h6-7,9,11H,5,8,13H2,1-2H3. The molecule has 0 bridgehead atoms. The van der Waals surface area contributed by atoms with Gasteiger partial charge in [0.25, 0.3) is 0 Å². The van der Waals surface area contributed by atoms with E-state index in [9.17, 15) is 0 Å². The van der Waals surface area contributed by atoms with Crippen LogP contribution in [-0.4, -0.2) is 18.1 Å². The van der Waals surface area contributed by atoms with E-state index in [1.54, 1.807) is 13.3 Å². The smallest absolute Gasteiger partial charge is 0.212 e. The summed E-state index contributed by atoms with van der Waals surface area (Å²) in [5, 5.41) is 0. The molecular formula is C12H16N2O. The highest BCUT2D eigenvalue weighted by molar-refractivity contribution is 5.18. The summed E-state index contributed by atoms with van der Waals surface area (Å²) < 4.78 is 4.97. The average Bonchev–Trinajstić information content (AvgIpc) is 2.27. The molecule has 1 rings (SSSR count). The second kappa shape index (κ2) is 6.05. The van der Waals surface area contributed by atoms with E-state index in [1.807, 2.05) is 19.1 Å². The maximum atomic E-state index is 5.90. The lowest BCUT2D eigenvalue weighted by molar-refractivity contribution is 0.397. The van der Waals surface area contributed by atoms with Crippen molar-refractivity contribution in [2.45, 2.75) is 25.8 Å². The molecule has 1 heterocycles. The van der Waals surface area contributed by atoms with E-state index in [0.29, 0.717) is 5.88 Å². The predicted molar refractivity (Wildman–Crippen MR) is 60.5 cm³/mol. The molecule has 0 spiro atoms. The Morgan fingerprint density at radius 2 is 2.33 bits per heavy atom. The zero-order chi connectivity index (χ0) is 11.1. The quantitative estimate of drug-likeness (QED) is 0.754. The fourth-order valence-corrected chi connectivity index (χ4v) is 1.26. The summed E-state index contributed by atoms with van der Waals surface area (Å²) in [4.78, 5) is 4.12. The van der Waals surface area contributed by atoms with Crippen LogP contribution in [0.15, 0.2) is 18.3 Å². The Kier molecular flexibility index (Phi) is 4.65. The number of hydrogen-bond donors (Lipinski definition) is 1. The van der Waals surface area contributed by atoms with Crippen molar-refractivity contribution in [3.05, 3.63) is 23.9 Å². The fraction of sp³-hybridized carbons (Fsp3) is 0.417. The molecule has 3 nitrogen and oxygen atoms in total. The van der Waals surface area contributed by atoms with E-state index in [-0.39, 0.29) is 6.04 Å². The molecule has 1 unspecified atom stereocenters. The van der Waals surface area contributed by atoms with Gasteiger partial charge in [-0.05, 0) is 18.9 Å². The molecule has 0 fully saturated rings. The molecule has 0 amide bonds. The van der Waals surface area contributed by atoms with E-state index in [0.717, 1.165) is 18.4 Å². The van der Waals surface area contributed by atoms with Crippen molar-refractivity contribution in [1.29, 1.82) is 0 Å². The van der Waals surface area contributed by atoms with Gasteiger partial charge >= 0.3 is 0 Å². The van der Waals surface area contributed by atoms with E-state index >= 15 is 0 Å². The van der Waals surface area contributed by atoms with E-state index in [4.69, 9.17) is 10.5 Å². The molecule has 1 aromatic rings. The maximum Gasteiger partial charge on any atom is 0.212 e.